The summed E-state index contributed by atoms with van der Waals surface area (Å²) in [6, 6.07) is 3.01. The van der Waals surface area contributed by atoms with Crippen molar-refractivity contribution in [3.63, 3.8) is 0 Å². The molecule has 0 saturated heterocycles. The maximum atomic E-state index is 11.1. The standard InChI is InChI=1S/C8H9ClNO5P/c9-8(7(11)12,16(13,14)15)4-6-2-1-3-10-5-6/h1-3,5H,4H2,(H,11,12)(H2,13,14,15). The van der Waals surface area contributed by atoms with E-state index >= 15 is 0 Å². The van der Waals surface area contributed by atoms with Crippen molar-refractivity contribution in [3.8, 4) is 0 Å². The van der Waals surface area contributed by atoms with E-state index in [9.17, 15) is 9.36 Å². The topological polar surface area (TPSA) is 108 Å². The third kappa shape index (κ3) is 2.59. The van der Waals surface area contributed by atoms with Crippen molar-refractivity contribution in [2.24, 2.45) is 0 Å². The molecule has 0 aliphatic carbocycles. The van der Waals surface area contributed by atoms with Crippen LogP contribution in [0.1, 0.15) is 5.56 Å². The summed E-state index contributed by atoms with van der Waals surface area (Å²) >= 11 is 5.49. The number of halogens is 1. The summed E-state index contributed by atoms with van der Waals surface area (Å²) in [4.78, 5) is 32.4. The van der Waals surface area contributed by atoms with E-state index in [1.165, 1.54) is 24.5 Å². The summed E-state index contributed by atoms with van der Waals surface area (Å²) in [6.07, 6.45) is 2.26. The van der Waals surface area contributed by atoms with Crippen molar-refractivity contribution in [3.05, 3.63) is 30.1 Å². The molecule has 1 aromatic heterocycles. The van der Waals surface area contributed by atoms with Gasteiger partial charge in [0, 0.05) is 18.8 Å². The number of hydrogen-bond donors (Lipinski definition) is 3. The maximum absolute atomic E-state index is 11.1. The van der Waals surface area contributed by atoms with Crippen LogP contribution in [-0.2, 0) is 15.8 Å². The van der Waals surface area contributed by atoms with Gasteiger partial charge in [0.05, 0.1) is 0 Å². The van der Waals surface area contributed by atoms with Gasteiger partial charge in [-0.2, -0.15) is 0 Å². The zero-order chi connectivity index (χ0) is 12.4. The lowest BCUT2D eigenvalue weighted by Crippen LogP contribution is -2.34. The van der Waals surface area contributed by atoms with E-state index in [1.807, 2.05) is 0 Å². The van der Waals surface area contributed by atoms with Crippen molar-refractivity contribution in [2.45, 2.75) is 11.0 Å². The van der Waals surface area contributed by atoms with Crippen molar-refractivity contribution >= 4 is 25.2 Å². The van der Waals surface area contributed by atoms with E-state index in [0.717, 1.165) is 0 Å². The van der Waals surface area contributed by atoms with E-state index in [-0.39, 0.29) is 0 Å². The minimum Gasteiger partial charge on any atom is -0.479 e. The molecule has 1 rings (SSSR count). The van der Waals surface area contributed by atoms with Gasteiger partial charge in [-0.25, -0.2) is 4.79 Å². The van der Waals surface area contributed by atoms with E-state index < -0.39 is 24.6 Å². The van der Waals surface area contributed by atoms with Gasteiger partial charge in [0.15, 0.2) is 0 Å². The zero-order valence-corrected chi connectivity index (χ0v) is 9.60. The van der Waals surface area contributed by atoms with Crippen LogP contribution in [0.5, 0.6) is 0 Å². The summed E-state index contributed by atoms with van der Waals surface area (Å²) in [5, 5.41) is 8.78. The third-order valence-electron chi connectivity index (χ3n) is 1.95. The van der Waals surface area contributed by atoms with Gasteiger partial charge in [0.2, 0.25) is 4.62 Å². The summed E-state index contributed by atoms with van der Waals surface area (Å²) in [5.41, 5.74) is 0.336. The largest absolute Gasteiger partial charge is 0.479 e. The number of nitrogens with zero attached hydrogens (tertiary/aromatic N) is 1. The van der Waals surface area contributed by atoms with Crippen LogP contribution in [0.15, 0.2) is 24.5 Å². The summed E-state index contributed by atoms with van der Waals surface area (Å²) in [5.74, 6) is -1.76. The molecule has 0 radical (unpaired) electrons. The average Bonchev–Trinajstić information content (AvgIpc) is 2.17. The van der Waals surface area contributed by atoms with E-state index in [0.29, 0.717) is 5.56 Å². The van der Waals surface area contributed by atoms with Gasteiger partial charge in [-0.1, -0.05) is 17.7 Å². The van der Waals surface area contributed by atoms with Crippen molar-refractivity contribution in [1.29, 1.82) is 0 Å². The number of alkyl halides is 1. The molecule has 8 heteroatoms. The smallest absolute Gasteiger partial charge is 0.358 e. The van der Waals surface area contributed by atoms with E-state index in [4.69, 9.17) is 26.5 Å². The number of carboxylic acid groups (broad SMARTS) is 1. The predicted octanol–water partition coefficient (Wildman–Crippen LogP) is 0.821. The monoisotopic (exact) mass is 265 g/mol. The van der Waals surface area contributed by atoms with Crippen LogP contribution in [0.25, 0.3) is 0 Å². The van der Waals surface area contributed by atoms with E-state index in [2.05, 4.69) is 4.98 Å². The highest BCUT2D eigenvalue weighted by atomic mass is 35.5. The Balaban J connectivity index is 3.08. The molecule has 1 heterocycles. The molecule has 0 saturated carbocycles. The van der Waals surface area contributed by atoms with Crippen molar-refractivity contribution in [1.82, 2.24) is 4.98 Å². The molecule has 1 aromatic rings. The first-order chi connectivity index (χ1) is 7.27. The summed E-state index contributed by atoms with van der Waals surface area (Å²) in [7, 11) is -4.97. The maximum Gasteiger partial charge on any atom is 0.358 e. The molecule has 88 valence electrons. The van der Waals surface area contributed by atoms with Crippen LogP contribution >= 0.6 is 19.2 Å². The lowest BCUT2D eigenvalue weighted by atomic mass is 10.1. The first-order valence-corrected chi connectivity index (χ1v) is 6.13. The molecule has 16 heavy (non-hydrogen) atoms. The fourth-order valence-electron chi connectivity index (χ4n) is 1.08. The van der Waals surface area contributed by atoms with Crippen LogP contribution in [-0.4, -0.2) is 30.5 Å². The molecular weight excluding hydrogens is 257 g/mol. The van der Waals surface area contributed by atoms with Crippen LogP contribution in [0.2, 0.25) is 0 Å². The van der Waals surface area contributed by atoms with Gasteiger partial charge in [0.1, 0.15) is 0 Å². The fourth-order valence-corrected chi connectivity index (χ4v) is 1.87. The molecule has 1 atom stereocenters. The average molecular weight is 266 g/mol. The molecule has 0 fully saturated rings. The van der Waals surface area contributed by atoms with Crippen LogP contribution in [0.4, 0.5) is 0 Å². The molecule has 0 amide bonds. The summed E-state index contributed by atoms with van der Waals surface area (Å²) in [6.45, 7) is 0. The van der Waals surface area contributed by atoms with Crippen molar-refractivity contribution in [2.75, 3.05) is 0 Å². The van der Waals surface area contributed by atoms with Gasteiger partial charge in [-0.05, 0) is 11.6 Å². The van der Waals surface area contributed by atoms with Crippen LogP contribution in [0.3, 0.4) is 0 Å². The van der Waals surface area contributed by atoms with Crippen molar-refractivity contribution < 1.29 is 24.3 Å². The number of rotatable bonds is 4. The molecule has 0 aliphatic rings. The second-order valence-corrected chi connectivity index (χ2v) is 5.91. The Labute approximate surface area is 96.1 Å². The molecule has 3 N–H and O–H groups in total. The fraction of sp³-hybridized carbons (Fsp3) is 0.250. The summed E-state index contributed by atoms with van der Waals surface area (Å²) < 4.78 is 8.42. The second-order valence-electron chi connectivity index (χ2n) is 3.15. The van der Waals surface area contributed by atoms with Gasteiger partial charge < -0.3 is 14.9 Å². The first kappa shape index (κ1) is 13.1. The Morgan fingerprint density at radius 3 is 2.56 bits per heavy atom. The minimum atomic E-state index is -4.97. The Morgan fingerprint density at radius 1 is 1.56 bits per heavy atom. The normalized spacial score (nSPS) is 15.4. The SMILES string of the molecule is O=C(O)C(Cl)(Cc1cccnc1)P(=O)(O)O. The lowest BCUT2D eigenvalue weighted by Gasteiger charge is -2.22. The third-order valence-corrected chi connectivity index (χ3v) is 4.18. The zero-order valence-electron chi connectivity index (χ0n) is 7.95. The molecule has 0 aliphatic heterocycles. The number of carboxylic acids is 1. The number of aliphatic carboxylic acids is 1. The number of aromatic nitrogens is 1. The highest BCUT2D eigenvalue weighted by molar-refractivity contribution is 7.57. The molecular formula is C8H9ClNO5P. The first-order valence-electron chi connectivity index (χ1n) is 4.14. The molecule has 6 nitrogen and oxygen atoms in total. The van der Waals surface area contributed by atoms with Crippen LogP contribution < -0.4 is 0 Å². The Hall–Kier alpha value is -0.940. The highest BCUT2D eigenvalue weighted by Crippen LogP contribution is 2.55. The van der Waals surface area contributed by atoms with Gasteiger partial charge >= 0.3 is 13.6 Å². The minimum absolute atomic E-state index is 0.336. The Kier molecular flexibility index (Phi) is 3.70. The van der Waals surface area contributed by atoms with E-state index in [1.54, 1.807) is 0 Å². The Bertz CT molecular complexity index is 433. The van der Waals surface area contributed by atoms with Gasteiger partial charge in [-0.15, -0.1) is 0 Å². The number of carbonyl (C=O) groups is 1. The molecule has 0 aromatic carbocycles. The van der Waals surface area contributed by atoms with Crippen LogP contribution in [0, 0.1) is 0 Å². The number of hydrogen-bond acceptors (Lipinski definition) is 3. The quantitative estimate of drug-likeness (QED) is 0.549. The predicted molar refractivity (Wildman–Crippen MR) is 56.2 cm³/mol. The van der Waals surface area contributed by atoms with Gasteiger partial charge in [-0.3, -0.25) is 9.55 Å². The highest BCUT2D eigenvalue weighted by Gasteiger charge is 2.52. The molecule has 1 unspecified atom stereocenters. The molecule has 0 bridgehead atoms. The number of pyridine rings is 1. The van der Waals surface area contributed by atoms with Gasteiger partial charge in [0.25, 0.3) is 0 Å². The Morgan fingerprint density at radius 2 is 2.19 bits per heavy atom. The molecule has 0 spiro atoms. The lowest BCUT2D eigenvalue weighted by molar-refractivity contribution is -0.138. The second kappa shape index (κ2) is 4.51.